The molecule has 6 rings (SSSR count). The molecule has 1 amide bonds. The quantitative estimate of drug-likeness (QED) is 0.169. The molecule has 42 heavy (non-hydrogen) atoms. The van der Waals surface area contributed by atoms with Crippen LogP contribution in [0.15, 0.2) is 115 Å². The molecular weight excluding hydrogens is 529 g/mol. The molecule has 0 spiro atoms. The highest BCUT2D eigenvalue weighted by atomic mass is 19.1. The zero-order valence-corrected chi connectivity index (χ0v) is 23.1. The van der Waals surface area contributed by atoms with Crippen molar-refractivity contribution < 1.29 is 23.5 Å². The summed E-state index contributed by atoms with van der Waals surface area (Å²) in [6.45, 7) is 0. The summed E-state index contributed by atoms with van der Waals surface area (Å²) in [4.78, 5) is 23.0. The van der Waals surface area contributed by atoms with Crippen molar-refractivity contribution in [1.29, 1.82) is 0 Å². The van der Waals surface area contributed by atoms with E-state index < -0.39 is 0 Å². The number of hydrogen-bond acceptors (Lipinski definition) is 4. The maximum atomic E-state index is 13.6. The molecule has 1 N–H and O–H groups in total. The summed E-state index contributed by atoms with van der Waals surface area (Å²) in [6.07, 6.45) is 2.61. The van der Waals surface area contributed by atoms with Gasteiger partial charge in [0.1, 0.15) is 23.6 Å². The van der Waals surface area contributed by atoms with Crippen molar-refractivity contribution >= 4 is 29.5 Å². The van der Waals surface area contributed by atoms with E-state index in [0.29, 0.717) is 22.4 Å². The fourth-order valence-corrected chi connectivity index (χ4v) is 4.77. The lowest BCUT2D eigenvalue weighted by molar-refractivity contribution is -0.110. The third-order valence-electron chi connectivity index (χ3n) is 6.83. The standard InChI is InChI=1S/C22H16FNO2.C14H12O2/c1-26-21-10-7-14(11-17(21)15-5-3-2-4-6-15)12-19-18-13-16(23)8-9-20(18)24-22(19)25;1-16-14-8-7-11(10-15)9-13(14)12-5-3-2-4-6-12/h2-13H,1H3,(H,24,25);2-10H,1H3. The van der Waals surface area contributed by atoms with Crippen LogP contribution in [0.2, 0.25) is 0 Å². The van der Waals surface area contributed by atoms with Crippen LogP contribution in [-0.4, -0.2) is 26.4 Å². The molecule has 0 saturated carbocycles. The van der Waals surface area contributed by atoms with Gasteiger partial charge in [0.05, 0.1) is 14.2 Å². The number of carbonyl (C=O) groups is 2. The van der Waals surface area contributed by atoms with Gasteiger partial charge in [-0.3, -0.25) is 9.59 Å². The fraction of sp³-hybridized carbons (Fsp3) is 0.0556. The first-order chi connectivity index (χ1) is 20.5. The Balaban J connectivity index is 0.000000189. The Bertz CT molecular complexity index is 1760. The summed E-state index contributed by atoms with van der Waals surface area (Å²) in [5.74, 6) is 0.922. The maximum absolute atomic E-state index is 13.6. The van der Waals surface area contributed by atoms with E-state index in [2.05, 4.69) is 5.32 Å². The summed E-state index contributed by atoms with van der Waals surface area (Å²) in [5.41, 5.74) is 7.07. The smallest absolute Gasteiger partial charge is 0.256 e. The van der Waals surface area contributed by atoms with Crippen LogP contribution in [0.1, 0.15) is 21.5 Å². The van der Waals surface area contributed by atoms with Crippen LogP contribution < -0.4 is 14.8 Å². The monoisotopic (exact) mass is 557 g/mol. The Hall–Kier alpha value is -5.49. The predicted octanol–water partition coefficient (Wildman–Crippen LogP) is 8.17. The minimum atomic E-state index is -0.370. The number of amides is 1. The van der Waals surface area contributed by atoms with E-state index in [1.807, 2.05) is 91.0 Å². The zero-order valence-electron chi connectivity index (χ0n) is 23.1. The van der Waals surface area contributed by atoms with Crippen LogP contribution in [0.5, 0.6) is 11.5 Å². The minimum absolute atomic E-state index is 0.234. The van der Waals surface area contributed by atoms with Crippen molar-refractivity contribution in [3.8, 4) is 33.8 Å². The second-order valence-corrected chi connectivity index (χ2v) is 9.47. The molecule has 5 aromatic rings. The van der Waals surface area contributed by atoms with Crippen molar-refractivity contribution in [2.24, 2.45) is 0 Å². The van der Waals surface area contributed by atoms with Crippen molar-refractivity contribution in [3.63, 3.8) is 0 Å². The van der Waals surface area contributed by atoms with Crippen molar-refractivity contribution in [2.45, 2.75) is 0 Å². The highest BCUT2D eigenvalue weighted by Crippen LogP contribution is 2.36. The van der Waals surface area contributed by atoms with Crippen LogP contribution in [0.25, 0.3) is 33.9 Å². The zero-order chi connectivity index (χ0) is 29.5. The highest BCUT2D eigenvalue weighted by molar-refractivity contribution is 6.34. The summed E-state index contributed by atoms with van der Waals surface area (Å²) in [5, 5.41) is 2.77. The Morgan fingerprint density at radius 1 is 0.643 bits per heavy atom. The predicted molar refractivity (Wildman–Crippen MR) is 165 cm³/mol. The number of anilines is 1. The normalized spacial score (nSPS) is 12.5. The largest absolute Gasteiger partial charge is 0.496 e. The van der Waals surface area contributed by atoms with Crippen LogP contribution in [-0.2, 0) is 4.79 Å². The number of aldehydes is 1. The van der Waals surface area contributed by atoms with Gasteiger partial charge in [-0.1, -0.05) is 66.7 Å². The molecule has 1 aliphatic heterocycles. The van der Waals surface area contributed by atoms with Gasteiger partial charge in [-0.25, -0.2) is 4.39 Å². The van der Waals surface area contributed by atoms with Gasteiger partial charge in [-0.2, -0.15) is 0 Å². The number of rotatable bonds is 6. The molecule has 1 heterocycles. The number of hydrogen-bond donors (Lipinski definition) is 1. The molecule has 0 aromatic heterocycles. The molecule has 208 valence electrons. The van der Waals surface area contributed by atoms with Gasteiger partial charge in [0.2, 0.25) is 0 Å². The molecule has 0 aliphatic carbocycles. The van der Waals surface area contributed by atoms with E-state index in [-0.39, 0.29) is 11.7 Å². The average Bonchev–Trinajstić information content (AvgIpc) is 3.35. The van der Waals surface area contributed by atoms with Gasteiger partial charge < -0.3 is 14.8 Å². The lowest BCUT2D eigenvalue weighted by atomic mass is 9.99. The molecule has 0 fully saturated rings. The molecule has 0 atom stereocenters. The van der Waals surface area contributed by atoms with Gasteiger partial charge in [-0.05, 0) is 71.3 Å². The van der Waals surface area contributed by atoms with E-state index in [4.69, 9.17) is 9.47 Å². The Kier molecular flexibility index (Phi) is 8.54. The summed E-state index contributed by atoms with van der Waals surface area (Å²) in [6, 6.07) is 35.1. The first kappa shape index (κ1) is 28.1. The number of fused-ring (bicyclic) bond motifs is 1. The molecular formula is C36H28FNO4. The van der Waals surface area contributed by atoms with Crippen molar-refractivity contribution in [2.75, 3.05) is 19.5 Å². The Morgan fingerprint density at radius 3 is 1.74 bits per heavy atom. The summed E-state index contributed by atoms with van der Waals surface area (Å²) < 4.78 is 24.4. The molecule has 1 aliphatic rings. The summed E-state index contributed by atoms with van der Waals surface area (Å²) in [7, 11) is 3.26. The molecule has 0 bridgehead atoms. The lowest BCUT2D eigenvalue weighted by Gasteiger charge is -2.10. The third kappa shape index (κ3) is 6.13. The van der Waals surface area contributed by atoms with E-state index in [0.717, 1.165) is 45.6 Å². The SMILES string of the molecule is COc1ccc(C=C2C(=O)Nc3ccc(F)cc32)cc1-c1ccccc1.COc1ccc(C=O)cc1-c1ccccc1. The van der Waals surface area contributed by atoms with Gasteiger partial charge in [0, 0.05) is 33.5 Å². The molecule has 5 aromatic carbocycles. The second-order valence-electron chi connectivity index (χ2n) is 9.47. The van der Waals surface area contributed by atoms with Crippen LogP contribution in [0, 0.1) is 5.82 Å². The Labute approximate surface area is 243 Å². The van der Waals surface area contributed by atoms with Crippen molar-refractivity contribution in [1.82, 2.24) is 0 Å². The van der Waals surface area contributed by atoms with E-state index >= 15 is 0 Å². The number of carbonyl (C=O) groups excluding carboxylic acids is 2. The first-order valence-electron chi connectivity index (χ1n) is 13.3. The van der Waals surface area contributed by atoms with E-state index in [1.54, 1.807) is 32.4 Å². The molecule has 5 nitrogen and oxygen atoms in total. The van der Waals surface area contributed by atoms with Crippen molar-refractivity contribution in [3.05, 3.63) is 138 Å². The topological polar surface area (TPSA) is 64.6 Å². The lowest BCUT2D eigenvalue weighted by Crippen LogP contribution is -2.03. The number of nitrogens with one attached hydrogen (secondary N) is 1. The van der Waals surface area contributed by atoms with Crippen LogP contribution in [0.3, 0.4) is 0 Å². The molecule has 0 radical (unpaired) electrons. The number of ether oxygens (including phenoxy) is 2. The van der Waals surface area contributed by atoms with Gasteiger partial charge in [0.15, 0.2) is 0 Å². The molecule has 0 unspecified atom stereocenters. The minimum Gasteiger partial charge on any atom is -0.496 e. The molecule has 0 saturated heterocycles. The number of halogens is 1. The first-order valence-corrected chi connectivity index (χ1v) is 13.3. The second kappa shape index (κ2) is 12.8. The van der Waals surface area contributed by atoms with E-state index in [1.165, 1.54) is 12.1 Å². The third-order valence-corrected chi connectivity index (χ3v) is 6.83. The van der Waals surface area contributed by atoms with Crippen LogP contribution in [0.4, 0.5) is 10.1 Å². The van der Waals surface area contributed by atoms with Gasteiger partial charge >= 0.3 is 0 Å². The highest BCUT2D eigenvalue weighted by Gasteiger charge is 2.24. The molecule has 6 heteroatoms. The summed E-state index contributed by atoms with van der Waals surface area (Å²) >= 11 is 0. The van der Waals surface area contributed by atoms with Gasteiger partial charge in [-0.15, -0.1) is 0 Å². The van der Waals surface area contributed by atoms with Crippen LogP contribution >= 0.6 is 0 Å². The maximum Gasteiger partial charge on any atom is 0.256 e. The number of methoxy groups -OCH3 is 2. The van der Waals surface area contributed by atoms with Gasteiger partial charge in [0.25, 0.3) is 5.91 Å². The average molecular weight is 558 g/mol. The fourth-order valence-electron chi connectivity index (χ4n) is 4.77. The number of benzene rings is 5. The van der Waals surface area contributed by atoms with E-state index in [9.17, 15) is 14.0 Å². The Morgan fingerprint density at radius 2 is 1.19 bits per heavy atom.